The van der Waals surface area contributed by atoms with E-state index < -0.39 is 0 Å². The summed E-state index contributed by atoms with van der Waals surface area (Å²) in [7, 11) is 0. The quantitative estimate of drug-likeness (QED) is 0.573. The second-order valence-electron chi connectivity index (χ2n) is 3.86. The van der Waals surface area contributed by atoms with Gasteiger partial charge in [-0.05, 0) is 31.1 Å². The number of hydrogen-bond acceptors (Lipinski definition) is 0. The van der Waals surface area contributed by atoms with Gasteiger partial charge in [0.05, 0.1) is 0 Å². The van der Waals surface area contributed by atoms with Gasteiger partial charge < -0.3 is 0 Å². The van der Waals surface area contributed by atoms with E-state index in [1.807, 2.05) is 0 Å². The molecule has 2 aliphatic rings. The van der Waals surface area contributed by atoms with Crippen molar-refractivity contribution >= 4 is 15.9 Å². The van der Waals surface area contributed by atoms with E-state index in [-0.39, 0.29) is 0 Å². The van der Waals surface area contributed by atoms with Crippen molar-refractivity contribution in [2.45, 2.75) is 43.4 Å². The number of alkyl halides is 1. The average molecular weight is 203 g/mol. The Balaban J connectivity index is 1.82. The van der Waals surface area contributed by atoms with E-state index >= 15 is 0 Å². The van der Waals surface area contributed by atoms with E-state index in [9.17, 15) is 0 Å². The molecule has 0 saturated heterocycles. The molecule has 0 nitrogen and oxygen atoms in total. The molecule has 2 atom stereocenters. The molecule has 1 heteroatoms. The molecule has 2 aliphatic carbocycles. The van der Waals surface area contributed by atoms with Gasteiger partial charge in [-0.25, -0.2) is 0 Å². The Kier molecular flexibility index (Phi) is 2.03. The highest BCUT2D eigenvalue weighted by Gasteiger charge is 2.32. The van der Waals surface area contributed by atoms with Crippen LogP contribution in [-0.4, -0.2) is 4.83 Å². The van der Waals surface area contributed by atoms with Crippen LogP contribution >= 0.6 is 15.9 Å². The smallest absolute Gasteiger partial charge is 0.0148 e. The van der Waals surface area contributed by atoms with Crippen LogP contribution in [0.25, 0.3) is 0 Å². The Morgan fingerprint density at radius 1 is 0.900 bits per heavy atom. The topological polar surface area (TPSA) is 0 Å². The third-order valence-corrected chi connectivity index (χ3v) is 4.06. The fourth-order valence-corrected chi connectivity index (χ4v) is 3.04. The summed E-state index contributed by atoms with van der Waals surface area (Å²) in [5.74, 6) is 2.22. The maximum atomic E-state index is 3.70. The first-order valence-corrected chi connectivity index (χ1v) is 5.42. The molecule has 0 aromatic carbocycles. The van der Waals surface area contributed by atoms with Crippen molar-refractivity contribution < 1.29 is 0 Å². The van der Waals surface area contributed by atoms with Crippen LogP contribution in [0.3, 0.4) is 0 Å². The lowest BCUT2D eigenvalue weighted by Crippen LogP contribution is -2.19. The molecule has 0 aliphatic heterocycles. The molecule has 0 aromatic heterocycles. The molecular weight excluding hydrogens is 188 g/mol. The monoisotopic (exact) mass is 202 g/mol. The van der Waals surface area contributed by atoms with Crippen LogP contribution in [0.15, 0.2) is 0 Å². The van der Waals surface area contributed by atoms with Crippen LogP contribution in [-0.2, 0) is 0 Å². The summed E-state index contributed by atoms with van der Waals surface area (Å²) >= 11 is 3.70. The fourth-order valence-electron chi connectivity index (χ4n) is 2.30. The second-order valence-corrected chi connectivity index (χ2v) is 5.16. The normalized spacial score (nSPS) is 41.7. The molecule has 0 spiro atoms. The van der Waals surface area contributed by atoms with Crippen LogP contribution < -0.4 is 0 Å². The molecule has 58 valence electrons. The van der Waals surface area contributed by atoms with E-state index in [1.165, 1.54) is 38.5 Å². The zero-order valence-electron chi connectivity index (χ0n) is 6.35. The summed E-state index contributed by atoms with van der Waals surface area (Å²) in [6.07, 6.45) is 8.97. The first-order valence-electron chi connectivity index (χ1n) is 4.50. The third kappa shape index (κ3) is 1.25. The number of halogens is 1. The highest BCUT2D eigenvalue weighted by molar-refractivity contribution is 9.09. The lowest BCUT2D eigenvalue weighted by Gasteiger charge is -2.31. The average Bonchev–Trinajstić information content (AvgIpc) is 2.10. The molecule has 0 N–H and O–H groups in total. The van der Waals surface area contributed by atoms with Crippen LogP contribution in [0.5, 0.6) is 0 Å². The first kappa shape index (κ1) is 7.15. The molecule has 2 unspecified atom stereocenters. The summed E-state index contributed by atoms with van der Waals surface area (Å²) in [6.45, 7) is 0. The Bertz CT molecular complexity index is 118. The minimum atomic E-state index is 0.859. The molecule has 10 heavy (non-hydrogen) atoms. The molecular formula is C9H15Br. The molecule has 0 radical (unpaired) electrons. The summed E-state index contributed by atoms with van der Waals surface area (Å²) in [6, 6.07) is 0. The SMILES string of the molecule is BrC1CCC(C2CCC2)C1. The van der Waals surface area contributed by atoms with Crippen molar-refractivity contribution in [1.29, 1.82) is 0 Å². The minimum absolute atomic E-state index is 0.859. The van der Waals surface area contributed by atoms with Crippen molar-refractivity contribution in [3.05, 3.63) is 0 Å². The third-order valence-electron chi connectivity index (χ3n) is 3.23. The summed E-state index contributed by atoms with van der Waals surface area (Å²) in [4.78, 5) is 0.859. The Morgan fingerprint density at radius 3 is 2.10 bits per heavy atom. The number of hydrogen-bond donors (Lipinski definition) is 0. The zero-order valence-corrected chi connectivity index (χ0v) is 7.94. The predicted octanol–water partition coefficient (Wildman–Crippen LogP) is 3.35. The van der Waals surface area contributed by atoms with Crippen molar-refractivity contribution in [3.8, 4) is 0 Å². The van der Waals surface area contributed by atoms with Crippen molar-refractivity contribution in [2.24, 2.45) is 11.8 Å². The van der Waals surface area contributed by atoms with Crippen molar-refractivity contribution in [1.82, 2.24) is 0 Å². The van der Waals surface area contributed by atoms with Gasteiger partial charge in [0, 0.05) is 4.83 Å². The van der Waals surface area contributed by atoms with Gasteiger partial charge in [0.1, 0.15) is 0 Å². The largest absolute Gasteiger partial charge is 0.0891 e. The zero-order chi connectivity index (χ0) is 6.97. The number of rotatable bonds is 1. The van der Waals surface area contributed by atoms with Gasteiger partial charge in [-0.1, -0.05) is 35.2 Å². The van der Waals surface area contributed by atoms with Gasteiger partial charge in [0.25, 0.3) is 0 Å². The van der Waals surface area contributed by atoms with E-state index in [0.717, 1.165) is 16.7 Å². The molecule has 2 fully saturated rings. The maximum absolute atomic E-state index is 3.70. The lowest BCUT2D eigenvalue weighted by molar-refractivity contribution is 0.210. The van der Waals surface area contributed by atoms with Gasteiger partial charge in [0.15, 0.2) is 0 Å². The Labute approximate surface area is 71.5 Å². The minimum Gasteiger partial charge on any atom is -0.0891 e. The molecule has 0 heterocycles. The highest BCUT2D eigenvalue weighted by atomic mass is 79.9. The summed E-state index contributed by atoms with van der Waals surface area (Å²) in [5, 5.41) is 0. The predicted molar refractivity (Wildman–Crippen MR) is 47.4 cm³/mol. The lowest BCUT2D eigenvalue weighted by atomic mass is 9.75. The van der Waals surface area contributed by atoms with Gasteiger partial charge >= 0.3 is 0 Å². The van der Waals surface area contributed by atoms with Crippen molar-refractivity contribution in [3.63, 3.8) is 0 Å². The van der Waals surface area contributed by atoms with Gasteiger partial charge in [-0.2, -0.15) is 0 Å². The van der Waals surface area contributed by atoms with Crippen molar-refractivity contribution in [2.75, 3.05) is 0 Å². The van der Waals surface area contributed by atoms with Gasteiger partial charge in [-0.3, -0.25) is 0 Å². The van der Waals surface area contributed by atoms with E-state index in [2.05, 4.69) is 15.9 Å². The Hall–Kier alpha value is 0.480. The van der Waals surface area contributed by atoms with E-state index in [0.29, 0.717) is 0 Å². The summed E-state index contributed by atoms with van der Waals surface area (Å²) in [5.41, 5.74) is 0. The van der Waals surface area contributed by atoms with Crippen LogP contribution in [0.2, 0.25) is 0 Å². The molecule has 2 rings (SSSR count). The van der Waals surface area contributed by atoms with Crippen LogP contribution in [0.4, 0.5) is 0 Å². The van der Waals surface area contributed by atoms with E-state index in [4.69, 9.17) is 0 Å². The second kappa shape index (κ2) is 2.84. The Morgan fingerprint density at radius 2 is 1.70 bits per heavy atom. The summed E-state index contributed by atoms with van der Waals surface area (Å²) < 4.78 is 0. The molecule has 0 bridgehead atoms. The van der Waals surface area contributed by atoms with Gasteiger partial charge in [-0.15, -0.1) is 0 Å². The van der Waals surface area contributed by atoms with Crippen LogP contribution in [0.1, 0.15) is 38.5 Å². The fraction of sp³-hybridized carbons (Fsp3) is 1.00. The first-order chi connectivity index (χ1) is 4.86. The maximum Gasteiger partial charge on any atom is 0.0148 e. The molecule has 0 aromatic rings. The van der Waals surface area contributed by atoms with Crippen LogP contribution in [0, 0.1) is 11.8 Å². The highest BCUT2D eigenvalue weighted by Crippen LogP contribution is 2.43. The molecule has 0 amide bonds. The van der Waals surface area contributed by atoms with Gasteiger partial charge in [0.2, 0.25) is 0 Å². The standard InChI is InChI=1S/C9H15Br/c10-9-5-4-8(6-9)7-2-1-3-7/h7-9H,1-6H2. The van der Waals surface area contributed by atoms with E-state index in [1.54, 1.807) is 0 Å². The molecule has 2 saturated carbocycles.